The van der Waals surface area contributed by atoms with Crippen molar-refractivity contribution in [1.82, 2.24) is 4.90 Å². The summed E-state index contributed by atoms with van der Waals surface area (Å²) in [5.74, 6) is 0. The van der Waals surface area contributed by atoms with Crippen molar-refractivity contribution in [2.75, 3.05) is 27.3 Å². The molecule has 86 valence electrons. The van der Waals surface area contributed by atoms with Gasteiger partial charge >= 0.3 is 0 Å². The molecule has 0 aromatic rings. The molecule has 3 nitrogen and oxygen atoms in total. The van der Waals surface area contributed by atoms with Crippen LogP contribution in [0, 0.1) is 5.41 Å². The van der Waals surface area contributed by atoms with Gasteiger partial charge in [0, 0.05) is 25.7 Å². The van der Waals surface area contributed by atoms with Crippen molar-refractivity contribution in [3.05, 3.63) is 0 Å². The molecule has 3 heteroatoms. The molecule has 0 spiro atoms. The summed E-state index contributed by atoms with van der Waals surface area (Å²) in [6.45, 7) is 10.4. The number of hydrogen-bond acceptors (Lipinski definition) is 3. The van der Waals surface area contributed by atoms with Crippen LogP contribution in [0.5, 0.6) is 0 Å². The number of ether oxygens (including phenoxy) is 1. The second kappa shape index (κ2) is 5.69. The number of hydrogen-bond donors (Lipinski definition) is 1. The standard InChI is InChI=1S/C11H26N2O/c1-9(12)10(11(2,3)4)13(5)7-8-14-6/h9-10H,7-8,12H2,1-6H3. The van der Waals surface area contributed by atoms with Gasteiger partial charge in [0.15, 0.2) is 0 Å². The van der Waals surface area contributed by atoms with Gasteiger partial charge in [0.1, 0.15) is 0 Å². The molecule has 0 heterocycles. The molecule has 0 saturated heterocycles. The Morgan fingerprint density at radius 3 is 2.14 bits per heavy atom. The van der Waals surface area contributed by atoms with Crippen molar-refractivity contribution >= 4 is 0 Å². The van der Waals surface area contributed by atoms with Crippen LogP contribution in [0.4, 0.5) is 0 Å². The molecule has 2 unspecified atom stereocenters. The van der Waals surface area contributed by atoms with Crippen molar-refractivity contribution in [1.29, 1.82) is 0 Å². The Morgan fingerprint density at radius 1 is 1.36 bits per heavy atom. The first kappa shape index (κ1) is 13.9. The summed E-state index contributed by atoms with van der Waals surface area (Å²) in [6, 6.07) is 0.564. The van der Waals surface area contributed by atoms with Crippen LogP contribution in [-0.2, 0) is 4.74 Å². The Kier molecular flexibility index (Phi) is 5.64. The molecule has 0 amide bonds. The van der Waals surface area contributed by atoms with Crippen LogP contribution < -0.4 is 5.73 Å². The van der Waals surface area contributed by atoms with E-state index in [0.29, 0.717) is 6.04 Å². The van der Waals surface area contributed by atoms with Gasteiger partial charge in [-0.05, 0) is 19.4 Å². The molecule has 0 aromatic carbocycles. The minimum atomic E-state index is 0.178. The average molecular weight is 202 g/mol. The predicted molar refractivity (Wildman–Crippen MR) is 61.4 cm³/mol. The van der Waals surface area contributed by atoms with Crippen molar-refractivity contribution in [2.24, 2.45) is 11.1 Å². The zero-order chi connectivity index (χ0) is 11.4. The molecule has 2 atom stereocenters. The highest BCUT2D eigenvalue weighted by molar-refractivity contribution is 4.87. The third-order valence-electron chi connectivity index (χ3n) is 2.51. The van der Waals surface area contributed by atoms with E-state index >= 15 is 0 Å². The van der Waals surface area contributed by atoms with Crippen molar-refractivity contribution in [3.8, 4) is 0 Å². The van der Waals surface area contributed by atoms with E-state index in [1.807, 2.05) is 0 Å². The van der Waals surface area contributed by atoms with Gasteiger partial charge in [-0.2, -0.15) is 0 Å². The minimum absolute atomic E-state index is 0.178. The second-order valence-electron chi connectivity index (χ2n) is 5.14. The van der Waals surface area contributed by atoms with Crippen LogP contribution in [0.1, 0.15) is 27.7 Å². The zero-order valence-corrected chi connectivity index (χ0v) is 10.5. The first-order valence-corrected chi connectivity index (χ1v) is 5.25. The number of likely N-dealkylation sites (N-methyl/N-ethyl adjacent to an activating group) is 1. The summed E-state index contributed by atoms with van der Waals surface area (Å²) in [7, 11) is 3.84. The van der Waals surface area contributed by atoms with Crippen LogP contribution in [-0.4, -0.2) is 44.3 Å². The number of nitrogens with zero attached hydrogens (tertiary/aromatic N) is 1. The van der Waals surface area contributed by atoms with Gasteiger partial charge in [-0.15, -0.1) is 0 Å². The molecule has 2 N–H and O–H groups in total. The van der Waals surface area contributed by atoms with E-state index < -0.39 is 0 Å². The number of rotatable bonds is 5. The lowest BCUT2D eigenvalue weighted by atomic mass is 9.82. The van der Waals surface area contributed by atoms with E-state index in [1.54, 1.807) is 7.11 Å². The molecule has 0 aromatic heterocycles. The second-order valence-corrected chi connectivity index (χ2v) is 5.14. The summed E-state index contributed by atoms with van der Waals surface area (Å²) in [6.07, 6.45) is 0. The Labute approximate surface area is 88.6 Å². The molecule has 0 saturated carbocycles. The maximum absolute atomic E-state index is 6.01. The van der Waals surface area contributed by atoms with Gasteiger partial charge in [-0.1, -0.05) is 20.8 Å². The summed E-state index contributed by atoms with van der Waals surface area (Å²) >= 11 is 0. The smallest absolute Gasteiger partial charge is 0.0589 e. The third kappa shape index (κ3) is 4.40. The van der Waals surface area contributed by atoms with Gasteiger partial charge in [0.25, 0.3) is 0 Å². The highest BCUT2D eigenvalue weighted by Crippen LogP contribution is 2.25. The third-order valence-corrected chi connectivity index (χ3v) is 2.51. The molecule has 0 rings (SSSR count). The molecule has 14 heavy (non-hydrogen) atoms. The van der Waals surface area contributed by atoms with Crippen LogP contribution >= 0.6 is 0 Å². The Balaban J connectivity index is 4.34. The van der Waals surface area contributed by atoms with E-state index in [4.69, 9.17) is 10.5 Å². The maximum Gasteiger partial charge on any atom is 0.0589 e. The van der Waals surface area contributed by atoms with Crippen LogP contribution in [0.2, 0.25) is 0 Å². The highest BCUT2D eigenvalue weighted by Gasteiger charge is 2.30. The topological polar surface area (TPSA) is 38.5 Å². The van der Waals surface area contributed by atoms with Gasteiger partial charge in [0.05, 0.1) is 6.61 Å². The summed E-state index contributed by atoms with van der Waals surface area (Å²) < 4.78 is 5.07. The fourth-order valence-corrected chi connectivity index (χ4v) is 2.23. The fourth-order valence-electron chi connectivity index (χ4n) is 2.23. The van der Waals surface area contributed by atoms with Gasteiger partial charge in [-0.25, -0.2) is 0 Å². The van der Waals surface area contributed by atoms with Crippen molar-refractivity contribution in [2.45, 2.75) is 39.8 Å². The fraction of sp³-hybridized carbons (Fsp3) is 1.00. The zero-order valence-electron chi connectivity index (χ0n) is 10.5. The molecule has 0 radical (unpaired) electrons. The van der Waals surface area contributed by atoms with E-state index in [0.717, 1.165) is 13.2 Å². The summed E-state index contributed by atoms with van der Waals surface area (Å²) in [4.78, 5) is 2.29. The summed E-state index contributed by atoms with van der Waals surface area (Å²) in [5.41, 5.74) is 6.22. The van der Waals surface area contributed by atoms with Crippen LogP contribution in [0.15, 0.2) is 0 Å². The van der Waals surface area contributed by atoms with Gasteiger partial charge in [0.2, 0.25) is 0 Å². The number of nitrogens with two attached hydrogens (primary N) is 1. The Morgan fingerprint density at radius 2 is 1.86 bits per heavy atom. The normalized spacial score (nSPS) is 17.1. The average Bonchev–Trinajstić information content (AvgIpc) is 1.97. The van der Waals surface area contributed by atoms with Crippen molar-refractivity contribution < 1.29 is 4.74 Å². The lowest BCUT2D eigenvalue weighted by molar-refractivity contribution is 0.0757. The molecule has 0 aliphatic heterocycles. The van der Waals surface area contributed by atoms with E-state index in [-0.39, 0.29) is 11.5 Å². The first-order valence-electron chi connectivity index (χ1n) is 5.25. The molecular formula is C11H26N2O. The highest BCUT2D eigenvalue weighted by atomic mass is 16.5. The SMILES string of the molecule is COCCN(C)C(C(C)N)C(C)(C)C. The Hall–Kier alpha value is -0.120. The molecular weight excluding hydrogens is 176 g/mol. The predicted octanol–water partition coefficient (Wildman–Crippen LogP) is 1.33. The molecule has 0 aliphatic rings. The Bertz CT molecular complexity index is 152. The van der Waals surface area contributed by atoms with Gasteiger partial charge < -0.3 is 10.5 Å². The largest absolute Gasteiger partial charge is 0.383 e. The van der Waals surface area contributed by atoms with Crippen LogP contribution in [0.25, 0.3) is 0 Å². The lowest BCUT2D eigenvalue weighted by Gasteiger charge is -2.40. The first-order chi connectivity index (χ1) is 6.30. The van der Waals surface area contributed by atoms with E-state index in [9.17, 15) is 0 Å². The quantitative estimate of drug-likeness (QED) is 0.731. The molecule has 0 aliphatic carbocycles. The maximum atomic E-state index is 6.01. The number of methoxy groups -OCH3 is 1. The minimum Gasteiger partial charge on any atom is -0.383 e. The molecule has 0 bridgehead atoms. The van der Waals surface area contributed by atoms with Crippen molar-refractivity contribution in [3.63, 3.8) is 0 Å². The molecule has 0 fully saturated rings. The van der Waals surface area contributed by atoms with E-state index in [1.165, 1.54) is 0 Å². The lowest BCUT2D eigenvalue weighted by Crippen LogP contribution is -2.52. The van der Waals surface area contributed by atoms with Crippen LogP contribution in [0.3, 0.4) is 0 Å². The van der Waals surface area contributed by atoms with E-state index in [2.05, 4.69) is 39.6 Å². The van der Waals surface area contributed by atoms with Gasteiger partial charge in [-0.3, -0.25) is 4.90 Å². The monoisotopic (exact) mass is 202 g/mol. The summed E-state index contributed by atoms with van der Waals surface area (Å²) in [5, 5.41) is 0.